The predicted molar refractivity (Wildman–Crippen MR) is 73.0 cm³/mol. The number of nitrogens with zero attached hydrogens (tertiary/aromatic N) is 1. The Morgan fingerprint density at radius 1 is 1.17 bits per heavy atom. The first-order valence-electron chi connectivity index (χ1n) is 5.43. The predicted octanol–water partition coefficient (Wildman–Crippen LogP) is 3.22. The van der Waals surface area contributed by atoms with E-state index in [1.807, 2.05) is 12.1 Å². The Balaban J connectivity index is 2.34. The second-order valence-electron chi connectivity index (χ2n) is 3.99. The maximum atomic E-state index is 11.4. The quantitative estimate of drug-likeness (QED) is 0.844. The minimum atomic E-state index is -0.439. The maximum absolute atomic E-state index is 11.4. The van der Waals surface area contributed by atoms with Crippen LogP contribution >= 0.6 is 11.6 Å². The molecule has 0 amide bonds. The largest absolute Gasteiger partial charge is 0.425 e. The van der Waals surface area contributed by atoms with Crippen molar-refractivity contribution in [1.82, 2.24) is 4.73 Å². The van der Waals surface area contributed by atoms with Gasteiger partial charge in [-0.2, -0.15) is 0 Å². The SMILES string of the molecule is Cc1cc(C=Cc2ccc(Cl)cc2)n(O)c(=O)c1. The van der Waals surface area contributed by atoms with Crippen LogP contribution in [0.5, 0.6) is 0 Å². The molecular weight excluding hydrogens is 250 g/mol. The number of hydrogen-bond acceptors (Lipinski definition) is 2. The molecule has 0 atom stereocenters. The molecule has 18 heavy (non-hydrogen) atoms. The monoisotopic (exact) mass is 261 g/mol. The van der Waals surface area contributed by atoms with Gasteiger partial charge >= 0.3 is 0 Å². The van der Waals surface area contributed by atoms with Gasteiger partial charge in [0.05, 0.1) is 5.69 Å². The third-order valence-electron chi connectivity index (χ3n) is 2.50. The summed E-state index contributed by atoms with van der Waals surface area (Å²) in [5.41, 5.74) is 1.75. The molecule has 0 radical (unpaired) electrons. The van der Waals surface area contributed by atoms with Crippen molar-refractivity contribution >= 4 is 23.8 Å². The number of aromatic nitrogens is 1. The summed E-state index contributed by atoms with van der Waals surface area (Å²) in [6.45, 7) is 1.81. The van der Waals surface area contributed by atoms with Gasteiger partial charge in [-0.1, -0.05) is 29.8 Å². The van der Waals surface area contributed by atoms with Crippen molar-refractivity contribution in [3.05, 3.63) is 68.6 Å². The molecule has 1 heterocycles. The van der Waals surface area contributed by atoms with Crippen molar-refractivity contribution in [2.45, 2.75) is 6.92 Å². The summed E-state index contributed by atoms with van der Waals surface area (Å²) >= 11 is 5.79. The second-order valence-corrected chi connectivity index (χ2v) is 4.43. The van der Waals surface area contributed by atoms with Crippen LogP contribution in [-0.4, -0.2) is 9.94 Å². The summed E-state index contributed by atoms with van der Waals surface area (Å²) in [6, 6.07) is 10.4. The minimum absolute atomic E-state index is 0.439. The van der Waals surface area contributed by atoms with E-state index < -0.39 is 5.56 Å². The maximum Gasteiger partial charge on any atom is 0.283 e. The molecule has 2 rings (SSSR count). The lowest BCUT2D eigenvalue weighted by Gasteiger charge is -2.02. The van der Waals surface area contributed by atoms with Crippen LogP contribution in [0.4, 0.5) is 0 Å². The fourth-order valence-corrected chi connectivity index (χ4v) is 1.72. The summed E-state index contributed by atoms with van der Waals surface area (Å²) < 4.78 is 0.624. The van der Waals surface area contributed by atoms with Gasteiger partial charge in [-0.15, -0.1) is 4.73 Å². The van der Waals surface area contributed by atoms with Crippen LogP contribution < -0.4 is 5.56 Å². The average molecular weight is 262 g/mol. The van der Waals surface area contributed by atoms with E-state index in [0.29, 0.717) is 15.4 Å². The zero-order chi connectivity index (χ0) is 13.1. The first kappa shape index (κ1) is 12.5. The van der Waals surface area contributed by atoms with Crippen LogP contribution in [0.3, 0.4) is 0 Å². The summed E-state index contributed by atoms with van der Waals surface area (Å²) in [5, 5.41) is 10.2. The van der Waals surface area contributed by atoms with E-state index in [2.05, 4.69) is 0 Å². The number of halogens is 1. The first-order chi connectivity index (χ1) is 8.56. The highest BCUT2D eigenvalue weighted by atomic mass is 35.5. The zero-order valence-electron chi connectivity index (χ0n) is 9.80. The number of pyridine rings is 1. The summed E-state index contributed by atoms with van der Waals surface area (Å²) in [4.78, 5) is 11.4. The van der Waals surface area contributed by atoms with Crippen LogP contribution in [0.25, 0.3) is 12.2 Å². The van der Waals surface area contributed by atoms with Crippen LogP contribution in [0.2, 0.25) is 5.02 Å². The van der Waals surface area contributed by atoms with Crippen molar-refractivity contribution in [2.24, 2.45) is 0 Å². The van der Waals surface area contributed by atoms with Gasteiger partial charge in [-0.05, 0) is 42.3 Å². The molecule has 4 heteroatoms. The van der Waals surface area contributed by atoms with E-state index in [0.717, 1.165) is 11.1 Å². The van der Waals surface area contributed by atoms with Crippen molar-refractivity contribution in [3.63, 3.8) is 0 Å². The van der Waals surface area contributed by atoms with Crippen LogP contribution in [0.1, 0.15) is 16.8 Å². The standard InChI is InChI=1S/C14H12ClNO2/c1-10-8-13(16(18)14(17)9-10)7-4-11-2-5-12(15)6-3-11/h2-9,18H,1H3. The van der Waals surface area contributed by atoms with E-state index in [9.17, 15) is 10.0 Å². The Bertz CT molecular complexity index is 642. The molecule has 1 aromatic heterocycles. The molecule has 0 saturated carbocycles. The van der Waals surface area contributed by atoms with Gasteiger partial charge < -0.3 is 5.21 Å². The average Bonchev–Trinajstić information content (AvgIpc) is 2.34. The van der Waals surface area contributed by atoms with Crippen molar-refractivity contribution in [2.75, 3.05) is 0 Å². The fraction of sp³-hybridized carbons (Fsp3) is 0.0714. The van der Waals surface area contributed by atoms with Gasteiger partial charge in [0.25, 0.3) is 5.56 Å². The van der Waals surface area contributed by atoms with Crippen LogP contribution in [-0.2, 0) is 0 Å². The number of hydrogen-bond donors (Lipinski definition) is 1. The second kappa shape index (κ2) is 5.10. The minimum Gasteiger partial charge on any atom is -0.425 e. The first-order valence-corrected chi connectivity index (χ1v) is 5.81. The molecule has 92 valence electrons. The van der Waals surface area contributed by atoms with Gasteiger partial charge in [0.15, 0.2) is 0 Å². The summed E-state index contributed by atoms with van der Waals surface area (Å²) in [6.07, 6.45) is 3.48. The number of benzene rings is 1. The molecule has 0 spiro atoms. The Labute approximate surface area is 110 Å². The molecule has 3 nitrogen and oxygen atoms in total. The molecule has 1 N–H and O–H groups in total. The molecule has 2 aromatic rings. The van der Waals surface area contributed by atoms with Gasteiger partial charge in [-0.3, -0.25) is 4.79 Å². The van der Waals surface area contributed by atoms with Crippen molar-refractivity contribution in [1.29, 1.82) is 0 Å². The van der Waals surface area contributed by atoms with E-state index in [1.54, 1.807) is 37.3 Å². The molecule has 0 aliphatic carbocycles. The normalized spacial score (nSPS) is 11.0. The van der Waals surface area contributed by atoms with Gasteiger partial charge in [0, 0.05) is 11.1 Å². The van der Waals surface area contributed by atoms with Crippen LogP contribution in [0, 0.1) is 6.92 Å². The molecular formula is C14H12ClNO2. The Morgan fingerprint density at radius 3 is 2.50 bits per heavy atom. The van der Waals surface area contributed by atoms with Gasteiger partial charge in [0.2, 0.25) is 0 Å². The van der Waals surface area contributed by atoms with Crippen molar-refractivity contribution < 1.29 is 5.21 Å². The molecule has 0 saturated heterocycles. The Morgan fingerprint density at radius 2 is 1.83 bits per heavy atom. The highest BCUT2D eigenvalue weighted by Crippen LogP contribution is 2.12. The third-order valence-corrected chi connectivity index (χ3v) is 2.75. The molecule has 0 aliphatic heterocycles. The van der Waals surface area contributed by atoms with Crippen molar-refractivity contribution in [3.8, 4) is 0 Å². The van der Waals surface area contributed by atoms with E-state index >= 15 is 0 Å². The number of rotatable bonds is 2. The molecule has 0 aliphatic rings. The number of aryl methyl sites for hydroxylation is 1. The molecule has 0 bridgehead atoms. The summed E-state index contributed by atoms with van der Waals surface area (Å²) in [5.74, 6) is 0. The Hall–Kier alpha value is -2.00. The van der Waals surface area contributed by atoms with Gasteiger partial charge in [-0.25, -0.2) is 0 Å². The molecule has 1 aromatic carbocycles. The summed E-state index contributed by atoms with van der Waals surface area (Å²) in [7, 11) is 0. The van der Waals surface area contributed by atoms with E-state index in [4.69, 9.17) is 11.6 Å². The zero-order valence-corrected chi connectivity index (χ0v) is 10.6. The lowest BCUT2D eigenvalue weighted by Crippen LogP contribution is -2.18. The molecule has 0 fully saturated rings. The smallest absolute Gasteiger partial charge is 0.283 e. The fourth-order valence-electron chi connectivity index (χ4n) is 1.59. The molecule has 0 unspecified atom stereocenters. The van der Waals surface area contributed by atoms with E-state index in [1.165, 1.54) is 6.07 Å². The van der Waals surface area contributed by atoms with Gasteiger partial charge in [0.1, 0.15) is 0 Å². The lowest BCUT2D eigenvalue weighted by atomic mass is 10.2. The Kier molecular flexibility index (Phi) is 3.53. The van der Waals surface area contributed by atoms with Crippen LogP contribution in [0.15, 0.2) is 41.2 Å². The topological polar surface area (TPSA) is 42.2 Å². The highest BCUT2D eigenvalue weighted by Gasteiger charge is 2.00. The van der Waals surface area contributed by atoms with E-state index in [-0.39, 0.29) is 0 Å². The highest BCUT2D eigenvalue weighted by molar-refractivity contribution is 6.30. The lowest BCUT2D eigenvalue weighted by molar-refractivity contribution is 0.172. The third kappa shape index (κ3) is 2.81.